The Hall–Kier alpha value is -1.14. The van der Waals surface area contributed by atoms with Crippen molar-refractivity contribution in [2.24, 2.45) is 17.6 Å². The molecule has 1 heterocycles. The Morgan fingerprint density at radius 3 is 2.57 bits per heavy atom. The van der Waals surface area contributed by atoms with E-state index in [9.17, 15) is 14.4 Å². The lowest BCUT2D eigenvalue weighted by Gasteiger charge is -2.21. The molecule has 3 N–H and O–H groups in total. The lowest BCUT2D eigenvalue weighted by Crippen LogP contribution is -2.46. The van der Waals surface area contributed by atoms with Crippen LogP contribution in [0, 0.1) is 11.8 Å². The second kappa shape index (κ2) is 7.22. The van der Waals surface area contributed by atoms with Gasteiger partial charge in [-0.2, -0.15) is 0 Å². The Bertz CT molecular complexity index is 428. The average molecular weight is 318 g/mol. The summed E-state index contributed by atoms with van der Waals surface area (Å²) < 4.78 is 0. The van der Waals surface area contributed by atoms with Gasteiger partial charge in [-0.1, -0.05) is 6.42 Å². The SMILES string of the molecule is CC(C)N1C(=O)CC(NC(=O)[C@@H]2CCC[C@@H]2CN)C1=O.Cl. The standard InChI is InChI=1S/C14H23N3O3.ClH/c1-8(2)17-12(18)6-11(14(17)20)16-13(19)10-5-3-4-9(10)7-15;/h8-11H,3-7,15H2,1-2H3,(H,16,19);1H/t9-,10-,11?;/m1./s1. The number of imide groups is 1. The third-order valence-corrected chi connectivity index (χ3v) is 4.31. The molecule has 1 unspecified atom stereocenters. The van der Waals surface area contributed by atoms with Gasteiger partial charge in [-0.15, -0.1) is 12.4 Å². The van der Waals surface area contributed by atoms with Crippen LogP contribution in [-0.2, 0) is 14.4 Å². The topological polar surface area (TPSA) is 92.5 Å². The van der Waals surface area contributed by atoms with E-state index in [0.29, 0.717) is 6.54 Å². The molecule has 2 fully saturated rings. The van der Waals surface area contributed by atoms with Crippen molar-refractivity contribution in [3.63, 3.8) is 0 Å². The zero-order chi connectivity index (χ0) is 14.9. The highest BCUT2D eigenvalue weighted by Crippen LogP contribution is 2.31. The lowest BCUT2D eigenvalue weighted by atomic mass is 9.95. The van der Waals surface area contributed by atoms with Crippen LogP contribution in [0.3, 0.4) is 0 Å². The fourth-order valence-corrected chi connectivity index (χ4v) is 3.25. The zero-order valence-electron chi connectivity index (χ0n) is 12.5. The minimum Gasteiger partial charge on any atom is -0.344 e. The first-order valence-corrected chi connectivity index (χ1v) is 7.32. The molecule has 1 saturated carbocycles. The summed E-state index contributed by atoms with van der Waals surface area (Å²) in [5, 5.41) is 2.74. The maximum Gasteiger partial charge on any atom is 0.252 e. The predicted octanol–water partition coefficient (Wildman–Crippen LogP) is 0.435. The van der Waals surface area contributed by atoms with Crippen LogP contribution in [0.4, 0.5) is 0 Å². The summed E-state index contributed by atoms with van der Waals surface area (Å²) in [7, 11) is 0. The molecule has 0 aromatic carbocycles. The van der Waals surface area contributed by atoms with Crippen LogP contribution >= 0.6 is 12.4 Å². The molecule has 0 aromatic rings. The molecule has 120 valence electrons. The Kier molecular flexibility index (Phi) is 6.16. The molecule has 7 heteroatoms. The summed E-state index contributed by atoms with van der Waals surface area (Å²) in [5.74, 6) is -0.549. The van der Waals surface area contributed by atoms with Crippen molar-refractivity contribution >= 4 is 30.1 Å². The van der Waals surface area contributed by atoms with E-state index in [2.05, 4.69) is 5.32 Å². The first-order chi connectivity index (χ1) is 9.45. The smallest absolute Gasteiger partial charge is 0.252 e. The number of likely N-dealkylation sites (tertiary alicyclic amines) is 1. The van der Waals surface area contributed by atoms with Gasteiger partial charge in [-0.3, -0.25) is 19.3 Å². The molecule has 0 bridgehead atoms. The van der Waals surface area contributed by atoms with E-state index >= 15 is 0 Å². The molecule has 1 aliphatic carbocycles. The Labute approximate surface area is 131 Å². The number of amides is 3. The third-order valence-electron chi connectivity index (χ3n) is 4.31. The van der Waals surface area contributed by atoms with Crippen LogP contribution < -0.4 is 11.1 Å². The van der Waals surface area contributed by atoms with Crippen LogP contribution in [0.1, 0.15) is 39.5 Å². The van der Waals surface area contributed by atoms with E-state index in [1.54, 1.807) is 13.8 Å². The first kappa shape index (κ1) is 17.9. The van der Waals surface area contributed by atoms with Crippen molar-refractivity contribution in [1.82, 2.24) is 10.2 Å². The Morgan fingerprint density at radius 2 is 2.05 bits per heavy atom. The normalized spacial score (nSPS) is 29.0. The van der Waals surface area contributed by atoms with Gasteiger partial charge in [0.05, 0.1) is 6.42 Å². The fraction of sp³-hybridized carbons (Fsp3) is 0.786. The molecular weight excluding hydrogens is 294 g/mol. The lowest BCUT2D eigenvalue weighted by molar-refractivity contribution is -0.141. The summed E-state index contributed by atoms with van der Waals surface area (Å²) in [5.41, 5.74) is 5.67. The third kappa shape index (κ3) is 3.55. The highest BCUT2D eigenvalue weighted by atomic mass is 35.5. The molecule has 2 aliphatic rings. The van der Waals surface area contributed by atoms with Crippen molar-refractivity contribution in [1.29, 1.82) is 0 Å². The molecule has 21 heavy (non-hydrogen) atoms. The van der Waals surface area contributed by atoms with Gasteiger partial charge >= 0.3 is 0 Å². The largest absolute Gasteiger partial charge is 0.344 e. The predicted molar refractivity (Wildman–Crippen MR) is 80.7 cm³/mol. The number of nitrogens with one attached hydrogen (secondary N) is 1. The van der Waals surface area contributed by atoms with Gasteiger partial charge in [-0.05, 0) is 39.2 Å². The summed E-state index contributed by atoms with van der Waals surface area (Å²) in [4.78, 5) is 37.4. The second-order valence-corrected chi connectivity index (χ2v) is 5.99. The van der Waals surface area contributed by atoms with Gasteiger partial charge in [0.1, 0.15) is 6.04 Å². The number of carbonyl (C=O) groups excluding carboxylic acids is 3. The van der Waals surface area contributed by atoms with Gasteiger partial charge in [0.25, 0.3) is 5.91 Å². The maximum atomic E-state index is 12.3. The molecule has 3 atom stereocenters. The number of hydrogen-bond acceptors (Lipinski definition) is 4. The van der Waals surface area contributed by atoms with E-state index in [-0.39, 0.29) is 54.4 Å². The summed E-state index contributed by atoms with van der Waals surface area (Å²) in [6.45, 7) is 4.08. The molecule has 2 rings (SSSR count). The second-order valence-electron chi connectivity index (χ2n) is 5.99. The summed E-state index contributed by atoms with van der Waals surface area (Å²) in [6.07, 6.45) is 2.85. The zero-order valence-corrected chi connectivity index (χ0v) is 13.3. The van der Waals surface area contributed by atoms with Crippen molar-refractivity contribution in [3.05, 3.63) is 0 Å². The van der Waals surface area contributed by atoms with Gasteiger partial charge in [0.15, 0.2) is 0 Å². The van der Waals surface area contributed by atoms with Crippen LogP contribution in [0.5, 0.6) is 0 Å². The van der Waals surface area contributed by atoms with Crippen LogP contribution in [0.15, 0.2) is 0 Å². The molecule has 0 radical (unpaired) electrons. The van der Waals surface area contributed by atoms with Gasteiger partial charge < -0.3 is 11.1 Å². The van der Waals surface area contributed by atoms with Crippen molar-refractivity contribution in [3.8, 4) is 0 Å². The monoisotopic (exact) mass is 317 g/mol. The van der Waals surface area contributed by atoms with Gasteiger partial charge in [0, 0.05) is 12.0 Å². The van der Waals surface area contributed by atoms with E-state index in [4.69, 9.17) is 5.73 Å². The maximum absolute atomic E-state index is 12.3. The van der Waals surface area contributed by atoms with E-state index in [1.165, 1.54) is 4.90 Å². The number of nitrogens with zero attached hydrogens (tertiary/aromatic N) is 1. The molecular formula is C14H24ClN3O3. The summed E-state index contributed by atoms with van der Waals surface area (Å²) >= 11 is 0. The Morgan fingerprint density at radius 1 is 1.38 bits per heavy atom. The van der Waals surface area contributed by atoms with Crippen molar-refractivity contribution in [2.75, 3.05) is 6.54 Å². The summed E-state index contributed by atoms with van der Waals surface area (Å²) in [6, 6.07) is -0.864. The van der Waals surface area contributed by atoms with Crippen LogP contribution in [0.25, 0.3) is 0 Å². The van der Waals surface area contributed by atoms with Crippen LogP contribution in [0.2, 0.25) is 0 Å². The van der Waals surface area contributed by atoms with Crippen LogP contribution in [-0.4, -0.2) is 41.2 Å². The highest BCUT2D eigenvalue weighted by Gasteiger charge is 2.42. The van der Waals surface area contributed by atoms with E-state index < -0.39 is 6.04 Å². The molecule has 0 spiro atoms. The number of nitrogens with two attached hydrogens (primary N) is 1. The van der Waals surface area contributed by atoms with E-state index in [1.807, 2.05) is 0 Å². The highest BCUT2D eigenvalue weighted by molar-refractivity contribution is 6.07. The minimum absolute atomic E-state index is 0. The Balaban J connectivity index is 0.00000220. The molecule has 0 aromatic heterocycles. The minimum atomic E-state index is -0.698. The first-order valence-electron chi connectivity index (χ1n) is 7.32. The average Bonchev–Trinajstić information content (AvgIpc) is 2.94. The van der Waals surface area contributed by atoms with Crippen molar-refractivity contribution < 1.29 is 14.4 Å². The van der Waals surface area contributed by atoms with E-state index in [0.717, 1.165) is 19.3 Å². The number of halogens is 1. The molecule has 1 saturated heterocycles. The number of hydrogen-bond donors (Lipinski definition) is 2. The van der Waals surface area contributed by atoms with Gasteiger partial charge in [-0.25, -0.2) is 0 Å². The fourth-order valence-electron chi connectivity index (χ4n) is 3.25. The van der Waals surface area contributed by atoms with Gasteiger partial charge in [0.2, 0.25) is 11.8 Å². The molecule has 1 aliphatic heterocycles. The quantitative estimate of drug-likeness (QED) is 0.736. The molecule has 6 nitrogen and oxygen atoms in total. The van der Waals surface area contributed by atoms with Crippen molar-refractivity contribution in [2.45, 2.75) is 51.6 Å². The number of carbonyl (C=O) groups is 3. The number of rotatable bonds is 4. The molecule has 3 amide bonds.